The van der Waals surface area contributed by atoms with Gasteiger partial charge in [-0.25, -0.2) is 0 Å². The first-order chi connectivity index (χ1) is 8.10. The molecule has 2 N–H and O–H groups in total. The minimum atomic E-state index is -0.155. The smallest absolute Gasteiger partial charge is 0.166 e. The molecule has 1 atom stereocenters. The molecule has 4 nitrogen and oxygen atoms in total. The van der Waals surface area contributed by atoms with E-state index in [2.05, 4.69) is 12.2 Å². The van der Waals surface area contributed by atoms with E-state index in [-0.39, 0.29) is 11.3 Å². The molecule has 0 aliphatic carbocycles. The number of methoxy groups -OCH3 is 2. The van der Waals surface area contributed by atoms with Gasteiger partial charge in [-0.05, 0) is 32.4 Å². The van der Waals surface area contributed by atoms with Crippen molar-refractivity contribution in [3.8, 4) is 17.2 Å². The predicted octanol–water partition coefficient (Wildman–Crippen LogP) is 2.01. The van der Waals surface area contributed by atoms with E-state index in [4.69, 9.17) is 9.47 Å². The van der Waals surface area contributed by atoms with Gasteiger partial charge in [0.15, 0.2) is 11.5 Å². The van der Waals surface area contributed by atoms with E-state index in [9.17, 15) is 5.11 Å². The summed E-state index contributed by atoms with van der Waals surface area (Å²) in [5, 5.41) is 13.2. The highest BCUT2D eigenvalue weighted by molar-refractivity contribution is 5.54. The molecule has 0 saturated carbocycles. The molecule has 1 aliphatic heterocycles. The minimum Gasteiger partial charge on any atom is -0.508 e. The molecule has 1 aromatic carbocycles. The number of hydrogen-bond donors (Lipinski definition) is 2. The highest BCUT2D eigenvalue weighted by Gasteiger charge is 2.34. The van der Waals surface area contributed by atoms with E-state index in [0.29, 0.717) is 11.5 Å². The number of hydrogen-bond acceptors (Lipinski definition) is 4. The fourth-order valence-electron chi connectivity index (χ4n) is 2.48. The van der Waals surface area contributed by atoms with Crippen LogP contribution in [0, 0.1) is 0 Å². The first kappa shape index (κ1) is 12.0. The third-order valence-corrected chi connectivity index (χ3v) is 3.43. The Balaban J connectivity index is 2.55. The van der Waals surface area contributed by atoms with Gasteiger partial charge in [0.05, 0.1) is 14.2 Å². The molecule has 1 aromatic rings. The second kappa shape index (κ2) is 4.45. The van der Waals surface area contributed by atoms with Gasteiger partial charge in [0, 0.05) is 17.2 Å². The fraction of sp³-hybridized carbons (Fsp3) is 0.538. The molecule has 17 heavy (non-hydrogen) atoms. The first-order valence-corrected chi connectivity index (χ1v) is 5.81. The molecule has 0 radical (unpaired) electrons. The fourth-order valence-corrected chi connectivity index (χ4v) is 2.48. The van der Waals surface area contributed by atoms with E-state index in [0.717, 1.165) is 24.9 Å². The lowest BCUT2D eigenvalue weighted by molar-refractivity contribution is 0.329. The van der Waals surface area contributed by atoms with Crippen LogP contribution >= 0.6 is 0 Å². The predicted molar refractivity (Wildman–Crippen MR) is 65.8 cm³/mol. The van der Waals surface area contributed by atoms with Crippen molar-refractivity contribution >= 4 is 0 Å². The Morgan fingerprint density at radius 3 is 2.59 bits per heavy atom. The largest absolute Gasteiger partial charge is 0.508 e. The highest BCUT2D eigenvalue weighted by atomic mass is 16.5. The van der Waals surface area contributed by atoms with E-state index in [1.165, 1.54) is 0 Å². The molecule has 0 bridgehead atoms. The molecule has 94 valence electrons. The van der Waals surface area contributed by atoms with Crippen LogP contribution in [0.3, 0.4) is 0 Å². The van der Waals surface area contributed by atoms with Crippen molar-refractivity contribution in [1.29, 1.82) is 0 Å². The third-order valence-electron chi connectivity index (χ3n) is 3.43. The van der Waals surface area contributed by atoms with Gasteiger partial charge >= 0.3 is 0 Å². The normalized spacial score (nSPS) is 23.7. The average Bonchev–Trinajstić information content (AvgIpc) is 2.76. The van der Waals surface area contributed by atoms with Crippen molar-refractivity contribution in [3.05, 3.63) is 17.7 Å². The highest BCUT2D eigenvalue weighted by Crippen LogP contribution is 2.43. The summed E-state index contributed by atoms with van der Waals surface area (Å²) in [6.07, 6.45) is 2.15. The van der Waals surface area contributed by atoms with Gasteiger partial charge in [0.2, 0.25) is 0 Å². The second-order valence-electron chi connectivity index (χ2n) is 4.59. The van der Waals surface area contributed by atoms with Gasteiger partial charge in [-0.1, -0.05) is 0 Å². The lowest BCUT2D eigenvalue weighted by Crippen LogP contribution is -2.33. The van der Waals surface area contributed by atoms with Gasteiger partial charge in [-0.2, -0.15) is 0 Å². The molecular formula is C13H19NO3. The second-order valence-corrected chi connectivity index (χ2v) is 4.59. The topological polar surface area (TPSA) is 50.7 Å². The molecule has 1 aliphatic rings. The van der Waals surface area contributed by atoms with Crippen molar-refractivity contribution < 1.29 is 14.6 Å². The van der Waals surface area contributed by atoms with Gasteiger partial charge in [0.25, 0.3) is 0 Å². The zero-order valence-electron chi connectivity index (χ0n) is 10.5. The summed E-state index contributed by atoms with van der Waals surface area (Å²) >= 11 is 0. The van der Waals surface area contributed by atoms with Crippen LogP contribution in [-0.2, 0) is 5.54 Å². The molecule has 0 spiro atoms. The van der Waals surface area contributed by atoms with Crippen LogP contribution in [0.4, 0.5) is 0 Å². The van der Waals surface area contributed by atoms with Crippen LogP contribution in [0.15, 0.2) is 12.1 Å². The Morgan fingerprint density at radius 2 is 2.06 bits per heavy atom. The molecule has 4 heteroatoms. The number of rotatable bonds is 3. The van der Waals surface area contributed by atoms with Gasteiger partial charge in [0.1, 0.15) is 5.75 Å². The Labute approximate surface area is 102 Å². The summed E-state index contributed by atoms with van der Waals surface area (Å²) in [4.78, 5) is 0. The van der Waals surface area contributed by atoms with Crippen LogP contribution < -0.4 is 14.8 Å². The molecule has 1 saturated heterocycles. The monoisotopic (exact) mass is 237 g/mol. The molecule has 1 unspecified atom stereocenters. The summed E-state index contributed by atoms with van der Waals surface area (Å²) < 4.78 is 10.7. The van der Waals surface area contributed by atoms with Crippen LogP contribution in [-0.4, -0.2) is 25.9 Å². The summed E-state index contributed by atoms with van der Waals surface area (Å²) in [5.41, 5.74) is 0.798. The Kier molecular flexibility index (Phi) is 3.15. The maximum absolute atomic E-state index is 9.76. The van der Waals surface area contributed by atoms with Crippen molar-refractivity contribution in [2.24, 2.45) is 0 Å². The van der Waals surface area contributed by atoms with E-state index >= 15 is 0 Å². The molecule has 0 amide bonds. The number of phenols is 1. The van der Waals surface area contributed by atoms with Crippen LogP contribution in [0.1, 0.15) is 25.3 Å². The van der Waals surface area contributed by atoms with E-state index < -0.39 is 0 Å². The SMILES string of the molecule is COc1cc(O)cc(C2(C)CCCN2)c1OC. The minimum absolute atomic E-state index is 0.155. The van der Waals surface area contributed by atoms with Crippen molar-refractivity contribution in [2.75, 3.05) is 20.8 Å². The van der Waals surface area contributed by atoms with E-state index in [1.54, 1.807) is 26.4 Å². The number of nitrogens with one attached hydrogen (secondary N) is 1. The van der Waals surface area contributed by atoms with Crippen molar-refractivity contribution in [3.63, 3.8) is 0 Å². The van der Waals surface area contributed by atoms with Crippen LogP contribution in [0.25, 0.3) is 0 Å². The standard InChI is InChI=1S/C13H19NO3/c1-13(5-4-6-14-13)10-7-9(15)8-11(16-2)12(10)17-3/h7-8,14-15H,4-6H2,1-3H3. The van der Waals surface area contributed by atoms with Crippen LogP contribution in [0.2, 0.25) is 0 Å². The van der Waals surface area contributed by atoms with E-state index in [1.807, 2.05) is 0 Å². The van der Waals surface area contributed by atoms with Crippen molar-refractivity contribution in [1.82, 2.24) is 5.32 Å². The third kappa shape index (κ3) is 2.05. The quantitative estimate of drug-likeness (QED) is 0.844. The zero-order chi connectivity index (χ0) is 12.5. The maximum atomic E-state index is 9.76. The van der Waals surface area contributed by atoms with Crippen molar-refractivity contribution in [2.45, 2.75) is 25.3 Å². The lowest BCUT2D eigenvalue weighted by atomic mass is 9.89. The maximum Gasteiger partial charge on any atom is 0.166 e. The average molecular weight is 237 g/mol. The number of ether oxygens (including phenoxy) is 2. The summed E-state index contributed by atoms with van der Waals surface area (Å²) in [5.74, 6) is 1.47. The Bertz CT molecular complexity index is 411. The molecular weight excluding hydrogens is 218 g/mol. The molecule has 0 aromatic heterocycles. The molecule has 2 rings (SSSR count). The molecule has 1 heterocycles. The number of benzene rings is 1. The Hall–Kier alpha value is -1.42. The number of phenolic OH excluding ortho intramolecular Hbond substituents is 1. The Morgan fingerprint density at radius 1 is 1.29 bits per heavy atom. The first-order valence-electron chi connectivity index (χ1n) is 5.81. The summed E-state index contributed by atoms with van der Waals surface area (Å²) in [6.45, 7) is 3.11. The van der Waals surface area contributed by atoms with Crippen LogP contribution in [0.5, 0.6) is 17.2 Å². The summed E-state index contributed by atoms with van der Waals surface area (Å²) in [7, 11) is 3.20. The van der Waals surface area contributed by atoms with Gasteiger partial charge in [-0.3, -0.25) is 0 Å². The molecule has 1 fully saturated rings. The number of aromatic hydroxyl groups is 1. The van der Waals surface area contributed by atoms with Gasteiger partial charge < -0.3 is 19.9 Å². The zero-order valence-corrected chi connectivity index (χ0v) is 10.5. The lowest BCUT2D eigenvalue weighted by Gasteiger charge is -2.28. The van der Waals surface area contributed by atoms with Gasteiger partial charge in [-0.15, -0.1) is 0 Å². The summed E-state index contributed by atoms with van der Waals surface area (Å²) in [6, 6.07) is 3.32.